The van der Waals surface area contributed by atoms with E-state index in [1.54, 1.807) is 24.1 Å². The van der Waals surface area contributed by atoms with E-state index in [-0.39, 0.29) is 16.6 Å². The van der Waals surface area contributed by atoms with Gasteiger partial charge in [-0.1, -0.05) is 48.5 Å². The fourth-order valence-electron chi connectivity index (χ4n) is 3.05. The first-order chi connectivity index (χ1) is 13.5. The second kappa shape index (κ2) is 9.54. The summed E-state index contributed by atoms with van der Waals surface area (Å²) in [4.78, 5) is 18.5. The van der Waals surface area contributed by atoms with Crippen LogP contribution in [0.15, 0.2) is 58.6 Å². The van der Waals surface area contributed by atoms with E-state index >= 15 is 0 Å². The Morgan fingerprint density at radius 2 is 1.82 bits per heavy atom. The normalized spacial score (nSPS) is 15.3. The molecule has 0 saturated carbocycles. The van der Waals surface area contributed by atoms with Crippen LogP contribution in [0.3, 0.4) is 0 Å². The summed E-state index contributed by atoms with van der Waals surface area (Å²) in [5, 5.41) is 0.638. The van der Waals surface area contributed by atoms with Crippen LogP contribution in [-0.2, 0) is 21.4 Å². The maximum absolute atomic E-state index is 12.6. The number of thioether (sulfide) groups is 1. The number of rotatable bonds is 7. The van der Waals surface area contributed by atoms with Gasteiger partial charge < -0.3 is 4.90 Å². The molecule has 0 N–H and O–H groups in total. The standard InChI is InChI=1S/C20H25N3O3S2/c1-22(15-17-8-4-2-5-9-17)20(24)16-27-19-11-10-18(14-21-19)28(25,26)23-12-6-3-7-13-23/h2,4-5,8-11,14H,3,6-7,12-13,15-16H2,1H3. The van der Waals surface area contributed by atoms with Crippen LogP contribution in [-0.4, -0.2) is 54.4 Å². The Bertz CT molecular complexity index is 881. The van der Waals surface area contributed by atoms with Crippen LogP contribution in [0.5, 0.6) is 0 Å². The Morgan fingerprint density at radius 3 is 2.46 bits per heavy atom. The summed E-state index contributed by atoms with van der Waals surface area (Å²) in [6.45, 7) is 1.70. The summed E-state index contributed by atoms with van der Waals surface area (Å²) in [6.07, 6.45) is 4.27. The highest BCUT2D eigenvalue weighted by Gasteiger charge is 2.26. The van der Waals surface area contributed by atoms with Gasteiger partial charge in [-0.3, -0.25) is 4.79 Å². The molecule has 1 aliphatic rings. The molecule has 1 aliphatic heterocycles. The minimum Gasteiger partial charge on any atom is -0.341 e. The summed E-state index contributed by atoms with van der Waals surface area (Å²) < 4.78 is 26.8. The molecule has 1 aromatic heterocycles. The van der Waals surface area contributed by atoms with E-state index in [1.165, 1.54) is 22.3 Å². The first-order valence-corrected chi connectivity index (χ1v) is 11.8. The van der Waals surface area contributed by atoms with E-state index in [1.807, 2.05) is 30.3 Å². The first-order valence-electron chi connectivity index (χ1n) is 9.34. The minimum absolute atomic E-state index is 0.000618. The molecular formula is C20H25N3O3S2. The van der Waals surface area contributed by atoms with Gasteiger partial charge in [0.1, 0.15) is 4.90 Å². The zero-order valence-electron chi connectivity index (χ0n) is 16.0. The first kappa shape index (κ1) is 20.8. The molecule has 0 aliphatic carbocycles. The molecule has 3 rings (SSSR count). The lowest BCUT2D eigenvalue weighted by molar-refractivity contribution is -0.127. The number of piperidine rings is 1. The van der Waals surface area contributed by atoms with Crippen LogP contribution in [0.25, 0.3) is 0 Å². The number of carbonyl (C=O) groups is 1. The predicted molar refractivity (Wildman–Crippen MR) is 110 cm³/mol. The van der Waals surface area contributed by atoms with E-state index < -0.39 is 10.0 Å². The number of nitrogens with zero attached hydrogens (tertiary/aromatic N) is 3. The average Bonchev–Trinajstić information content (AvgIpc) is 2.73. The molecule has 2 heterocycles. The van der Waals surface area contributed by atoms with Gasteiger partial charge in [-0.2, -0.15) is 4.31 Å². The zero-order chi connectivity index (χ0) is 20.0. The van der Waals surface area contributed by atoms with Crippen molar-refractivity contribution < 1.29 is 13.2 Å². The van der Waals surface area contributed by atoms with Gasteiger partial charge in [0.15, 0.2) is 0 Å². The topological polar surface area (TPSA) is 70.6 Å². The molecule has 1 saturated heterocycles. The predicted octanol–water partition coefficient (Wildman–Crippen LogP) is 3.01. The van der Waals surface area contributed by atoms with Crippen molar-refractivity contribution in [3.8, 4) is 0 Å². The van der Waals surface area contributed by atoms with Gasteiger partial charge in [0.05, 0.1) is 10.8 Å². The Labute approximate surface area is 171 Å². The smallest absolute Gasteiger partial charge is 0.244 e. The van der Waals surface area contributed by atoms with Crippen LogP contribution >= 0.6 is 11.8 Å². The molecule has 6 nitrogen and oxygen atoms in total. The summed E-state index contributed by atoms with van der Waals surface area (Å²) in [5.41, 5.74) is 1.08. The second-order valence-electron chi connectivity index (χ2n) is 6.82. The number of pyridine rings is 1. The number of aromatic nitrogens is 1. The van der Waals surface area contributed by atoms with Gasteiger partial charge in [0.25, 0.3) is 0 Å². The van der Waals surface area contributed by atoms with E-state index in [0.29, 0.717) is 24.7 Å². The van der Waals surface area contributed by atoms with Crippen molar-refractivity contribution in [2.24, 2.45) is 0 Å². The summed E-state index contributed by atoms with van der Waals surface area (Å²) in [7, 11) is -1.70. The van der Waals surface area contributed by atoms with Crippen LogP contribution in [0.1, 0.15) is 24.8 Å². The fraction of sp³-hybridized carbons (Fsp3) is 0.400. The maximum Gasteiger partial charge on any atom is 0.244 e. The lowest BCUT2D eigenvalue weighted by atomic mass is 10.2. The van der Waals surface area contributed by atoms with Crippen molar-refractivity contribution in [2.45, 2.75) is 35.7 Å². The molecule has 8 heteroatoms. The van der Waals surface area contributed by atoms with Crippen LogP contribution in [0.4, 0.5) is 0 Å². The summed E-state index contributed by atoms with van der Waals surface area (Å²) in [5.74, 6) is 0.259. The van der Waals surface area contributed by atoms with Gasteiger partial charge in [0, 0.05) is 32.9 Å². The van der Waals surface area contributed by atoms with Crippen molar-refractivity contribution in [1.29, 1.82) is 0 Å². The lowest BCUT2D eigenvalue weighted by Gasteiger charge is -2.25. The Morgan fingerprint density at radius 1 is 1.11 bits per heavy atom. The van der Waals surface area contributed by atoms with Gasteiger partial charge in [0.2, 0.25) is 15.9 Å². The highest BCUT2D eigenvalue weighted by atomic mass is 32.2. The molecule has 28 heavy (non-hydrogen) atoms. The van der Waals surface area contributed by atoms with Gasteiger partial charge in [-0.25, -0.2) is 13.4 Å². The maximum atomic E-state index is 12.6. The van der Waals surface area contributed by atoms with Crippen molar-refractivity contribution >= 4 is 27.7 Å². The van der Waals surface area contributed by atoms with Gasteiger partial charge in [-0.05, 0) is 30.5 Å². The monoisotopic (exact) mass is 419 g/mol. The quantitative estimate of drug-likeness (QED) is 0.645. The Balaban J connectivity index is 1.54. The minimum atomic E-state index is -3.47. The largest absolute Gasteiger partial charge is 0.341 e. The molecular weight excluding hydrogens is 394 g/mol. The van der Waals surface area contributed by atoms with Gasteiger partial charge >= 0.3 is 0 Å². The molecule has 2 aromatic rings. The zero-order valence-corrected chi connectivity index (χ0v) is 17.6. The number of hydrogen-bond donors (Lipinski definition) is 0. The number of sulfonamides is 1. The van der Waals surface area contributed by atoms with Crippen LogP contribution < -0.4 is 0 Å². The molecule has 0 atom stereocenters. The molecule has 0 radical (unpaired) electrons. The molecule has 1 aromatic carbocycles. The number of amides is 1. The molecule has 0 spiro atoms. The summed E-state index contributed by atoms with van der Waals surface area (Å²) >= 11 is 1.31. The SMILES string of the molecule is CN(Cc1ccccc1)C(=O)CSc1ccc(S(=O)(=O)N2CCCCC2)cn1. The molecule has 1 amide bonds. The molecule has 0 bridgehead atoms. The van der Waals surface area contributed by atoms with E-state index in [0.717, 1.165) is 24.8 Å². The van der Waals surface area contributed by atoms with Crippen molar-refractivity contribution in [1.82, 2.24) is 14.2 Å². The lowest BCUT2D eigenvalue weighted by Crippen LogP contribution is -2.35. The van der Waals surface area contributed by atoms with E-state index in [2.05, 4.69) is 4.98 Å². The van der Waals surface area contributed by atoms with E-state index in [9.17, 15) is 13.2 Å². The molecule has 150 valence electrons. The number of carbonyl (C=O) groups excluding carboxylic acids is 1. The number of benzene rings is 1. The highest BCUT2D eigenvalue weighted by molar-refractivity contribution is 7.99. The fourth-order valence-corrected chi connectivity index (χ4v) is 5.30. The number of hydrogen-bond acceptors (Lipinski definition) is 5. The third-order valence-electron chi connectivity index (χ3n) is 4.69. The molecule has 0 unspecified atom stereocenters. The second-order valence-corrected chi connectivity index (χ2v) is 9.75. The summed E-state index contributed by atoms with van der Waals surface area (Å²) in [6, 6.07) is 13.1. The van der Waals surface area contributed by atoms with E-state index in [4.69, 9.17) is 0 Å². The Hall–Kier alpha value is -1.90. The third-order valence-corrected chi connectivity index (χ3v) is 7.50. The van der Waals surface area contributed by atoms with Crippen molar-refractivity contribution in [2.75, 3.05) is 25.9 Å². The Kier molecular flexibility index (Phi) is 7.09. The average molecular weight is 420 g/mol. The van der Waals surface area contributed by atoms with Crippen molar-refractivity contribution in [3.63, 3.8) is 0 Å². The third kappa shape index (κ3) is 5.33. The van der Waals surface area contributed by atoms with Gasteiger partial charge in [-0.15, -0.1) is 0 Å². The van der Waals surface area contributed by atoms with Crippen LogP contribution in [0.2, 0.25) is 0 Å². The highest BCUT2D eigenvalue weighted by Crippen LogP contribution is 2.22. The molecule has 1 fully saturated rings. The van der Waals surface area contributed by atoms with Crippen LogP contribution in [0, 0.1) is 0 Å². The van der Waals surface area contributed by atoms with Crippen molar-refractivity contribution in [3.05, 3.63) is 54.2 Å².